The minimum absolute atomic E-state index is 0. The van der Waals surface area contributed by atoms with Crippen molar-refractivity contribution >= 4 is 29.9 Å². The number of fused-ring (bicyclic) bond motifs is 1. The highest BCUT2D eigenvalue weighted by Gasteiger charge is 2.17. The molecule has 0 radical (unpaired) electrons. The third-order valence-electron chi connectivity index (χ3n) is 4.82. The van der Waals surface area contributed by atoms with Crippen molar-refractivity contribution in [3.8, 4) is 5.75 Å². The summed E-state index contributed by atoms with van der Waals surface area (Å²) in [6, 6.07) is 7.81. The van der Waals surface area contributed by atoms with Crippen molar-refractivity contribution < 1.29 is 9.52 Å². The van der Waals surface area contributed by atoms with E-state index in [0.29, 0.717) is 18.3 Å². The monoisotopic (exact) mass is 469 g/mol. The van der Waals surface area contributed by atoms with Crippen LogP contribution in [0.4, 0.5) is 0 Å². The van der Waals surface area contributed by atoms with Gasteiger partial charge >= 0.3 is 0 Å². The highest BCUT2D eigenvalue weighted by molar-refractivity contribution is 14.0. The van der Waals surface area contributed by atoms with Gasteiger partial charge in [0.15, 0.2) is 5.96 Å². The molecular formula is C20H28IN3O2. The van der Waals surface area contributed by atoms with Gasteiger partial charge in [-0.3, -0.25) is 4.99 Å². The molecule has 6 heteroatoms. The number of rotatable bonds is 4. The summed E-state index contributed by atoms with van der Waals surface area (Å²) in [5, 5.41) is 17.0. The molecule has 142 valence electrons. The van der Waals surface area contributed by atoms with Crippen molar-refractivity contribution in [1.29, 1.82) is 0 Å². The maximum absolute atomic E-state index is 10.3. The van der Waals surface area contributed by atoms with Crippen LogP contribution >= 0.6 is 24.0 Å². The molecule has 1 heterocycles. The quantitative estimate of drug-likeness (QED) is 0.357. The maximum atomic E-state index is 10.3. The number of benzene rings is 1. The van der Waals surface area contributed by atoms with Gasteiger partial charge in [-0.25, -0.2) is 0 Å². The summed E-state index contributed by atoms with van der Waals surface area (Å²) in [7, 11) is 1.75. The van der Waals surface area contributed by atoms with Crippen LogP contribution in [0, 0.1) is 6.92 Å². The SMILES string of the molecule is CN=C(NCc1c(O)ccc2c1CCCC2)NC(C)c1ccc(C)o1.I. The lowest BCUT2D eigenvalue weighted by Crippen LogP contribution is -2.38. The first-order chi connectivity index (χ1) is 12.1. The molecule has 3 N–H and O–H groups in total. The molecule has 5 nitrogen and oxygen atoms in total. The first-order valence-electron chi connectivity index (χ1n) is 8.94. The van der Waals surface area contributed by atoms with Gasteiger partial charge in [0.1, 0.15) is 17.3 Å². The number of aliphatic imine (C=N–C) groups is 1. The Hall–Kier alpha value is -1.70. The van der Waals surface area contributed by atoms with Crippen molar-refractivity contribution in [2.75, 3.05) is 7.05 Å². The average Bonchev–Trinajstić information content (AvgIpc) is 3.06. The second-order valence-corrected chi connectivity index (χ2v) is 6.65. The van der Waals surface area contributed by atoms with Crippen LogP contribution in [0.5, 0.6) is 5.75 Å². The third-order valence-corrected chi connectivity index (χ3v) is 4.82. The summed E-state index contributed by atoms with van der Waals surface area (Å²) in [6.45, 7) is 4.52. The van der Waals surface area contributed by atoms with E-state index in [9.17, 15) is 5.11 Å². The lowest BCUT2D eigenvalue weighted by molar-refractivity contribution is 0.440. The van der Waals surface area contributed by atoms with Crippen LogP contribution in [0.2, 0.25) is 0 Å². The second kappa shape index (κ2) is 9.30. The zero-order valence-corrected chi connectivity index (χ0v) is 18.0. The summed E-state index contributed by atoms with van der Waals surface area (Å²) in [5.74, 6) is 2.82. The minimum Gasteiger partial charge on any atom is -0.508 e. The van der Waals surface area contributed by atoms with Gasteiger partial charge in [0, 0.05) is 19.2 Å². The van der Waals surface area contributed by atoms with E-state index in [2.05, 4.69) is 21.7 Å². The molecule has 0 saturated carbocycles. The number of aryl methyl sites for hydroxylation is 2. The molecule has 1 aliphatic carbocycles. The largest absolute Gasteiger partial charge is 0.508 e. The van der Waals surface area contributed by atoms with Crippen LogP contribution in [0.15, 0.2) is 33.7 Å². The fourth-order valence-corrected chi connectivity index (χ4v) is 3.42. The molecule has 1 aliphatic rings. The van der Waals surface area contributed by atoms with E-state index >= 15 is 0 Å². The molecule has 1 unspecified atom stereocenters. The molecule has 0 spiro atoms. The summed E-state index contributed by atoms with van der Waals surface area (Å²) in [4.78, 5) is 4.29. The Morgan fingerprint density at radius 2 is 2.00 bits per heavy atom. The number of hydrogen-bond donors (Lipinski definition) is 3. The molecular weight excluding hydrogens is 441 g/mol. The van der Waals surface area contributed by atoms with Crippen molar-refractivity contribution in [1.82, 2.24) is 10.6 Å². The number of nitrogens with one attached hydrogen (secondary N) is 2. The third kappa shape index (κ3) is 4.72. The van der Waals surface area contributed by atoms with Crippen molar-refractivity contribution in [3.05, 3.63) is 52.5 Å². The number of halogens is 1. The number of phenolic OH excluding ortho intramolecular Hbond substituents is 1. The van der Waals surface area contributed by atoms with Crippen LogP contribution in [0.1, 0.15) is 54.0 Å². The molecule has 1 atom stereocenters. The van der Waals surface area contributed by atoms with Gasteiger partial charge in [0.05, 0.1) is 6.04 Å². The zero-order chi connectivity index (χ0) is 17.8. The standard InChI is InChI=1S/C20H27N3O2.HI/c1-13-8-11-19(25-13)14(2)23-20(21-3)22-12-17-16-7-5-4-6-15(16)9-10-18(17)24;/h8-11,14,24H,4-7,12H2,1-3H3,(H2,21,22,23);1H. The van der Waals surface area contributed by atoms with E-state index in [1.807, 2.05) is 32.0 Å². The van der Waals surface area contributed by atoms with Crippen LogP contribution < -0.4 is 10.6 Å². The lowest BCUT2D eigenvalue weighted by Gasteiger charge is -2.22. The van der Waals surface area contributed by atoms with Gasteiger partial charge in [-0.2, -0.15) is 0 Å². The summed E-state index contributed by atoms with van der Waals surface area (Å²) in [5.41, 5.74) is 3.65. The molecule has 26 heavy (non-hydrogen) atoms. The fraction of sp³-hybridized carbons (Fsp3) is 0.450. The molecule has 0 amide bonds. The highest BCUT2D eigenvalue weighted by atomic mass is 127. The number of aromatic hydroxyl groups is 1. The molecule has 0 bridgehead atoms. The first kappa shape index (κ1) is 20.6. The highest BCUT2D eigenvalue weighted by Crippen LogP contribution is 2.30. The van der Waals surface area contributed by atoms with Crippen LogP contribution in [-0.2, 0) is 19.4 Å². The summed E-state index contributed by atoms with van der Waals surface area (Å²) >= 11 is 0. The number of guanidine groups is 1. The second-order valence-electron chi connectivity index (χ2n) is 6.65. The fourth-order valence-electron chi connectivity index (χ4n) is 3.42. The zero-order valence-electron chi connectivity index (χ0n) is 15.6. The Morgan fingerprint density at radius 1 is 1.23 bits per heavy atom. The summed E-state index contributed by atoms with van der Waals surface area (Å²) in [6.07, 6.45) is 4.55. The maximum Gasteiger partial charge on any atom is 0.191 e. The van der Waals surface area contributed by atoms with E-state index in [0.717, 1.165) is 29.9 Å². The predicted octanol–water partition coefficient (Wildman–Crippen LogP) is 4.22. The van der Waals surface area contributed by atoms with E-state index in [1.165, 1.54) is 24.0 Å². The average molecular weight is 469 g/mol. The Kier molecular flexibility index (Phi) is 7.37. The van der Waals surface area contributed by atoms with Gasteiger partial charge in [0.2, 0.25) is 0 Å². The molecule has 0 saturated heterocycles. The first-order valence-corrected chi connectivity index (χ1v) is 8.94. The number of phenols is 1. The normalized spacial score (nSPS) is 15.0. The molecule has 3 rings (SSSR count). The van der Waals surface area contributed by atoms with Gasteiger partial charge in [-0.15, -0.1) is 24.0 Å². The Bertz CT molecular complexity index is 770. The Labute approximate surface area is 172 Å². The molecule has 1 aromatic heterocycles. The van der Waals surface area contributed by atoms with Crippen molar-refractivity contribution in [2.45, 2.75) is 52.1 Å². The number of hydrogen-bond acceptors (Lipinski definition) is 3. The van der Waals surface area contributed by atoms with Gasteiger partial charge < -0.3 is 20.2 Å². The van der Waals surface area contributed by atoms with Crippen molar-refractivity contribution in [3.63, 3.8) is 0 Å². The molecule has 2 aromatic rings. The van der Waals surface area contributed by atoms with E-state index in [4.69, 9.17) is 4.42 Å². The Balaban J connectivity index is 0.00000243. The lowest BCUT2D eigenvalue weighted by atomic mass is 9.88. The van der Waals surface area contributed by atoms with Gasteiger partial charge in [-0.05, 0) is 68.9 Å². The number of furan rings is 1. The smallest absolute Gasteiger partial charge is 0.191 e. The van der Waals surface area contributed by atoms with Crippen molar-refractivity contribution in [2.24, 2.45) is 4.99 Å². The van der Waals surface area contributed by atoms with E-state index in [1.54, 1.807) is 7.05 Å². The molecule has 0 fully saturated rings. The van der Waals surface area contributed by atoms with E-state index < -0.39 is 0 Å². The van der Waals surface area contributed by atoms with Gasteiger partial charge in [0.25, 0.3) is 0 Å². The van der Waals surface area contributed by atoms with Crippen LogP contribution in [0.25, 0.3) is 0 Å². The Morgan fingerprint density at radius 3 is 2.69 bits per heavy atom. The topological polar surface area (TPSA) is 69.8 Å². The van der Waals surface area contributed by atoms with Crippen LogP contribution in [-0.4, -0.2) is 18.1 Å². The molecule has 0 aliphatic heterocycles. The van der Waals surface area contributed by atoms with E-state index in [-0.39, 0.29) is 30.0 Å². The molecule has 1 aromatic carbocycles. The van der Waals surface area contributed by atoms with Gasteiger partial charge in [-0.1, -0.05) is 6.07 Å². The van der Waals surface area contributed by atoms with Crippen LogP contribution in [0.3, 0.4) is 0 Å². The number of nitrogens with zero attached hydrogens (tertiary/aromatic N) is 1. The predicted molar refractivity (Wildman–Crippen MR) is 115 cm³/mol. The summed E-state index contributed by atoms with van der Waals surface area (Å²) < 4.78 is 5.66. The minimum atomic E-state index is 0.